The number of phenolic OH excluding ortho intramolecular Hbond substituents is 1. The molecule has 136 valence electrons. The Morgan fingerprint density at radius 1 is 1.23 bits per heavy atom. The Morgan fingerprint density at radius 2 is 1.96 bits per heavy atom. The second kappa shape index (κ2) is 7.53. The molecule has 1 aliphatic rings. The molecular weight excluding hydrogens is 339 g/mol. The van der Waals surface area contributed by atoms with Crippen molar-refractivity contribution in [1.82, 2.24) is 10.2 Å². The van der Waals surface area contributed by atoms with E-state index < -0.39 is 11.9 Å². The molecule has 1 heterocycles. The van der Waals surface area contributed by atoms with E-state index in [1.807, 2.05) is 0 Å². The highest BCUT2D eigenvalue weighted by Crippen LogP contribution is 2.26. The molecule has 2 aromatic rings. The summed E-state index contributed by atoms with van der Waals surface area (Å²) in [5, 5.41) is 21.1. The number of piperazine rings is 1. The third kappa shape index (κ3) is 3.52. The summed E-state index contributed by atoms with van der Waals surface area (Å²) in [6, 6.07) is 9.58. The summed E-state index contributed by atoms with van der Waals surface area (Å²) in [6.07, 6.45) is 0.175. The smallest absolute Gasteiger partial charge is 0.254 e. The number of aliphatic hydroxyl groups excluding tert-OH is 1. The number of hydrogen-bond acceptors (Lipinski definition) is 4. The highest BCUT2D eigenvalue weighted by Gasteiger charge is 2.32. The number of amides is 2. The van der Waals surface area contributed by atoms with E-state index in [1.54, 1.807) is 24.3 Å². The zero-order valence-electron chi connectivity index (χ0n) is 14.0. The molecule has 0 aromatic heterocycles. The van der Waals surface area contributed by atoms with Crippen LogP contribution in [0.15, 0.2) is 42.5 Å². The highest BCUT2D eigenvalue weighted by atomic mass is 19.1. The van der Waals surface area contributed by atoms with Crippen molar-refractivity contribution < 1.29 is 24.2 Å². The molecule has 0 aliphatic carbocycles. The van der Waals surface area contributed by atoms with Gasteiger partial charge < -0.3 is 20.4 Å². The second-order valence-corrected chi connectivity index (χ2v) is 6.06. The van der Waals surface area contributed by atoms with Crippen molar-refractivity contribution in [2.75, 3.05) is 19.7 Å². The first-order valence-electron chi connectivity index (χ1n) is 8.29. The standard InChI is InChI=1S/C19H19FN2O4/c20-16-11-14(24)5-6-15(16)12-1-3-13(4-2-12)19(26)22-9-8-21-18(25)17(22)7-10-23/h1-6,11,17,23-24H,7-10H2,(H,21,25)/t17-/m0/s1. The maximum Gasteiger partial charge on any atom is 0.254 e. The van der Waals surface area contributed by atoms with Crippen molar-refractivity contribution in [3.8, 4) is 16.9 Å². The zero-order chi connectivity index (χ0) is 18.7. The van der Waals surface area contributed by atoms with E-state index in [0.29, 0.717) is 29.8 Å². The SMILES string of the molecule is O=C1NCCN(C(=O)c2ccc(-c3ccc(O)cc3F)cc2)[C@H]1CCO. The lowest BCUT2D eigenvalue weighted by Gasteiger charge is -2.34. The Morgan fingerprint density at radius 3 is 2.62 bits per heavy atom. The largest absolute Gasteiger partial charge is 0.508 e. The molecular formula is C19H19FN2O4. The van der Waals surface area contributed by atoms with Crippen LogP contribution in [0.2, 0.25) is 0 Å². The number of hydrogen-bond donors (Lipinski definition) is 3. The first-order valence-corrected chi connectivity index (χ1v) is 8.29. The monoisotopic (exact) mass is 358 g/mol. The maximum absolute atomic E-state index is 14.0. The van der Waals surface area contributed by atoms with Crippen molar-refractivity contribution in [2.45, 2.75) is 12.5 Å². The molecule has 1 saturated heterocycles. The van der Waals surface area contributed by atoms with Gasteiger partial charge in [-0.1, -0.05) is 12.1 Å². The van der Waals surface area contributed by atoms with Gasteiger partial charge >= 0.3 is 0 Å². The molecule has 3 rings (SSSR count). The molecule has 2 aromatic carbocycles. The van der Waals surface area contributed by atoms with Crippen molar-refractivity contribution in [1.29, 1.82) is 0 Å². The Balaban J connectivity index is 1.83. The second-order valence-electron chi connectivity index (χ2n) is 6.06. The molecule has 7 heteroatoms. The van der Waals surface area contributed by atoms with Gasteiger partial charge in [0.1, 0.15) is 17.6 Å². The third-order valence-corrected chi connectivity index (χ3v) is 4.39. The molecule has 6 nitrogen and oxygen atoms in total. The van der Waals surface area contributed by atoms with E-state index in [4.69, 9.17) is 5.11 Å². The summed E-state index contributed by atoms with van der Waals surface area (Å²) in [4.78, 5) is 26.2. The van der Waals surface area contributed by atoms with Gasteiger partial charge in [0.25, 0.3) is 5.91 Å². The molecule has 26 heavy (non-hydrogen) atoms. The van der Waals surface area contributed by atoms with Crippen molar-refractivity contribution in [3.05, 3.63) is 53.8 Å². The van der Waals surface area contributed by atoms with Crippen LogP contribution in [-0.2, 0) is 4.79 Å². The topological polar surface area (TPSA) is 89.9 Å². The number of carbonyl (C=O) groups excluding carboxylic acids is 2. The van der Waals surface area contributed by atoms with E-state index in [0.717, 1.165) is 6.07 Å². The van der Waals surface area contributed by atoms with Gasteiger partial charge in [0.15, 0.2) is 0 Å². The molecule has 0 saturated carbocycles. The van der Waals surface area contributed by atoms with E-state index in [-0.39, 0.29) is 30.6 Å². The van der Waals surface area contributed by atoms with Crippen LogP contribution < -0.4 is 5.32 Å². The van der Waals surface area contributed by atoms with Crippen LogP contribution in [0.1, 0.15) is 16.8 Å². The molecule has 0 radical (unpaired) electrons. The van der Waals surface area contributed by atoms with Gasteiger partial charge in [0.05, 0.1) is 0 Å². The fraction of sp³-hybridized carbons (Fsp3) is 0.263. The maximum atomic E-state index is 14.0. The van der Waals surface area contributed by atoms with Gasteiger partial charge in [-0.2, -0.15) is 0 Å². The lowest BCUT2D eigenvalue weighted by Crippen LogP contribution is -2.57. The highest BCUT2D eigenvalue weighted by molar-refractivity contribution is 5.98. The number of phenols is 1. The van der Waals surface area contributed by atoms with Gasteiger partial charge in [-0.3, -0.25) is 9.59 Å². The summed E-state index contributed by atoms with van der Waals surface area (Å²) in [5.74, 6) is -1.30. The number of rotatable bonds is 4. The summed E-state index contributed by atoms with van der Waals surface area (Å²) < 4.78 is 14.0. The fourth-order valence-corrected chi connectivity index (χ4v) is 3.06. The summed E-state index contributed by atoms with van der Waals surface area (Å²) >= 11 is 0. The average Bonchev–Trinajstić information content (AvgIpc) is 2.63. The molecule has 0 spiro atoms. The Bertz CT molecular complexity index is 823. The molecule has 1 fully saturated rings. The molecule has 0 unspecified atom stereocenters. The van der Waals surface area contributed by atoms with Crippen LogP contribution in [-0.4, -0.2) is 52.7 Å². The van der Waals surface area contributed by atoms with E-state index in [9.17, 15) is 19.1 Å². The number of halogens is 1. The molecule has 1 aliphatic heterocycles. The predicted octanol–water partition coefficient (Wildman–Crippen LogP) is 1.52. The molecule has 0 bridgehead atoms. The van der Waals surface area contributed by atoms with Crippen LogP contribution >= 0.6 is 0 Å². The number of aromatic hydroxyl groups is 1. The molecule has 2 amide bonds. The first kappa shape index (κ1) is 17.9. The van der Waals surface area contributed by atoms with Crippen molar-refractivity contribution >= 4 is 11.8 Å². The number of benzene rings is 2. The van der Waals surface area contributed by atoms with Crippen molar-refractivity contribution in [3.63, 3.8) is 0 Å². The first-order chi connectivity index (χ1) is 12.5. The predicted molar refractivity (Wildman–Crippen MR) is 93.0 cm³/mol. The number of nitrogens with zero attached hydrogens (tertiary/aromatic N) is 1. The molecule has 3 N–H and O–H groups in total. The fourth-order valence-electron chi connectivity index (χ4n) is 3.06. The minimum absolute atomic E-state index is 0.156. The van der Waals surface area contributed by atoms with E-state index in [1.165, 1.54) is 17.0 Å². The van der Waals surface area contributed by atoms with Crippen LogP contribution in [0.3, 0.4) is 0 Å². The number of aliphatic hydroxyl groups is 1. The quantitative estimate of drug-likeness (QED) is 0.773. The normalized spacial score (nSPS) is 17.1. The van der Waals surface area contributed by atoms with Crippen LogP contribution in [0.4, 0.5) is 4.39 Å². The van der Waals surface area contributed by atoms with Gasteiger partial charge in [-0.15, -0.1) is 0 Å². The van der Waals surface area contributed by atoms with Gasteiger partial charge in [0.2, 0.25) is 5.91 Å². The van der Waals surface area contributed by atoms with E-state index >= 15 is 0 Å². The lowest BCUT2D eigenvalue weighted by atomic mass is 10.0. The van der Waals surface area contributed by atoms with Crippen LogP contribution in [0, 0.1) is 5.82 Å². The third-order valence-electron chi connectivity index (χ3n) is 4.39. The number of carbonyl (C=O) groups is 2. The zero-order valence-corrected chi connectivity index (χ0v) is 14.0. The van der Waals surface area contributed by atoms with Gasteiger partial charge in [-0.25, -0.2) is 4.39 Å². The molecule has 1 atom stereocenters. The Kier molecular flexibility index (Phi) is 5.18. The van der Waals surface area contributed by atoms with E-state index in [2.05, 4.69) is 5.32 Å². The minimum atomic E-state index is -0.699. The van der Waals surface area contributed by atoms with Gasteiger partial charge in [0, 0.05) is 36.9 Å². The van der Waals surface area contributed by atoms with Crippen molar-refractivity contribution in [2.24, 2.45) is 0 Å². The Hall–Kier alpha value is -2.93. The Labute approximate surface area is 149 Å². The van der Waals surface area contributed by atoms with Crippen LogP contribution in [0.5, 0.6) is 5.75 Å². The summed E-state index contributed by atoms with van der Waals surface area (Å²) in [6.45, 7) is 0.536. The summed E-state index contributed by atoms with van der Waals surface area (Å²) in [5.41, 5.74) is 1.27. The van der Waals surface area contributed by atoms with Crippen LogP contribution in [0.25, 0.3) is 11.1 Å². The number of nitrogens with one attached hydrogen (secondary N) is 1. The minimum Gasteiger partial charge on any atom is -0.508 e. The van der Waals surface area contributed by atoms with Gasteiger partial charge in [-0.05, 0) is 36.2 Å². The lowest BCUT2D eigenvalue weighted by molar-refractivity contribution is -0.128. The average molecular weight is 358 g/mol. The summed E-state index contributed by atoms with van der Waals surface area (Å²) in [7, 11) is 0.